The summed E-state index contributed by atoms with van der Waals surface area (Å²) in [6.45, 7) is 17.7. The molecule has 102 valence electrons. The molecule has 3 atom stereocenters. The van der Waals surface area contributed by atoms with Gasteiger partial charge < -0.3 is 5.32 Å². The Morgan fingerprint density at radius 1 is 1.35 bits per heavy atom. The lowest BCUT2D eigenvalue weighted by molar-refractivity contribution is 0.146. The maximum atomic E-state index is 3.61. The molecule has 3 unspecified atom stereocenters. The molecule has 0 bridgehead atoms. The summed E-state index contributed by atoms with van der Waals surface area (Å²) < 4.78 is 0. The minimum absolute atomic E-state index is 0.419. The van der Waals surface area contributed by atoms with Crippen LogP contribution in [0.2, 0.25) is 0 Å². The number of hydrogen-bond acceptors (Lipinski definition) is 2. The van der Waals surface area contributed by atoms with Gasteiger partial charge in [0.2, 0.25) is 0 Å². The first-order valence-corrected chi connectivity index (χ1v) is 7.33. The second kappa shape index (κ2) is 6.19. The third-order valence-corrected chi connectivity index (χ3v) is 4.29. The first-order valence-electron chi connectivity index (χ1n) is 7.33. The monoisotopic (exact) mass is 240 g/mol. The molecule has 1 heterocycles. The predicted octanol–water partition coefficient (Wildman–Crippen LogP) is 3.13. The van der Waals surface area contributed by atoms with E-state index in [4.69, 9.17) is 0 Å². The van der Waals surface area contributed by atoms with Gasteiger partial charge in [-0.3, -0.25) is 4.90 Å². The van der Waals surface area contributed by atoms with Crippen LogP contribution in [0.5, 0.6) is 0 Å². The Kier molecular flexibility index (Phi) is 5.46. The van der Waals surface area contributed by atoms with E-state index in [9.17, 15) is 0 Å². The predicted molar refractivity (Wildman–Crippen MR) is 76.4 cm³/mol. The van der Waals surface area contributed by atoms with Crippen molar-refractivity contribution >= 4 is 0 Å². The molecule has 1 fully saturated rings. The second-order valence-corrected chi connectivity index (χ2v) is 6.82. The van der Waals surface area contributed by atoms with Crippen LogP contribution in [0.4, 0.5) is 0 Å². The molecule has 2 heteroatoms. The molecule has 0 saturated carbocycles. The van der Waals surface area contributed by atoms with E-state index in [0.29, 0.717) is 11.5 Å². The van der Waals surface area contributed by atoms with E-state index >= 15 is 0 Å². The molecule has 0 aromatic carbocycles. The van der Waals surface area contributed by atoms with E-state index in [0.717, 1.165) is 18.5 Å². The topological polar surface area (TPSA) is 15.3 Å². The molecule has 1 saturated heterocycles. The van der Waals surface area contributed by atoms with Gasteiger partial charge in [-0.1, -0.05) is 34.6 Å². The van der Waals surface area contributed by atoms with Crippen molar-refractivity contribution in [3.8, 4) is 0 Å². The lowest BCUT2D eigenvalue weighted by Gasteiger charge is -2.36. The van der Waals surface area contributed by atoms with Gasteiger partial charge >= 0.3 is 0 Å². The van der Waals surface area contributed by atoms with Crippen LogP contribution in [0, 0.1) is 11.3 Å². The molecule has 1 N–H and O–H groups in total. The number of hydrogen-bond donors (Lipinski definition) is 1. The van der Waals surface area contributed by atoms with Gasteiger partial charge in [0.05, 0.1) is 0 Å². The molecule has 17 heavy (non-hydrogen) atoms. The lowest BCUT2D eigenvalue weighted by atomic mass is 9.86. The standard InChI is InChI=1S/C15H32N2/c1-7-15(6,10-16-12(2)3)11-17-9-13(4)8-14(17)5/h12-14,16H,7-11H2,1-6H3. The fourth-order valence-corrected chi connectivity index (χ4v) is 2.84. The van der Waals surface area contributed by atoms with Crippen molar-refractivity contribution in [1.82, 2.24) is 10.2 Å². The number of likely N-dealkylation sites (tertiary alicyclic amines) is 1. The largest absolute Gasteiger partial charge is 0.314 e. The van der Waals surface area contributed by atoms with E-state index in [1.165, 1.54) is 25.9 Å². The van der Waals surface area contributed by atoms with Gasteiger partial charge in [-0.25, -0.2) is 0 Å². The molecular formula is C15H32N2. The van der Waals surface area contributed by atoms with Crippen LogP contribution in [0.15, 0.2) is 0 Å². The van der Waals surface area contributed by atoms with E-state index in [-0.39, 0.29) is 0 Å². The molecule has 0 spiro atoms. The zero-order chi connectivity index (χ0) is 13.1. The Morgan fingerprint density at radius 3 is 2.41 bits per heavy atom. The highest BCUT2D eigenvalue weighted by molar-refractivity contribution is 4.87. The van der Waals surface area contributed by atoms with Crippen LogP contribution in [0.3, 0.4) is 0 Å². The average molecular weight is 240 g/mol. The van der Waals surface area contributed by atoms with Crippen molar-refractivity contribution in [3.63, 3.8) is 0 Å². The first kappa shape index (κ1) is 15.0. The van der Waals surface area contributed by atoms with Crippen LogP contribution in [0.25, 0.3) is 0 Å². The van der Waals surface area contributed by atoms with Gasteiger partial charge in [0.25, 0.3) is 0 Å². The minimum atomic E-state index is 0.419. The van der Waals surface area contributed by atoms with Crippen molar-refractivity contribution in [2.45, 2.75) is 66.5 Å². The summed E-state index contributed by atoms with van der Waals surface area (Å²) in [5.74, 6) is 0.879. The quantitative estimate of drug-likeness (QED) is 0.767. The molecular weight excluding hydrogens is 208 g/mol. The maximum Gasteiger partial charge on any atom is 0.00702 e. The van der Waals surface area contributed by atoms with Crippen LogP contribution in [-0.2, 0) is 0 Å². The van der Waals surface area contributed by atoms with Crippen molar-refractivity contribution in [1.29, 1.82) is 0 Å². The summed E-state index contributed by atoms with van der Waals surface area (Å²) in [5.41, 5.74) is 0.419. The van der Waals surface area contributed by atoms with Gasteiger partial charge in [-0.2, -0.15) is 0 Å². The van der Waals surface area contributed by atoms with Gasteiger partial charge in [0, 0.05) is 31.7 Å². The van der Waals surface area contributed by atoms with E-state index in [1.54, 1.807) is 0 Å². The Balaban J connectivity index is 2.50. The lowest BCUT2D eigenvalue weighted by Crippen LogP contribution is -2.44. The van der Waals surface area contributed by atoms with E-state index < -0.39 is 0 Å². The fourth-order valence-electron chi connectivity index (χ4n) is 2.84. The van der Waals surface area contributed by atoms with Gasteiger partial charge in [0.15, 0.2) is 0 Å². The Labute approximate surface area is 108 Å². The van der Waals surface area contributed by atoms with E-state index in [2.05, 4.69) is 51.8 Å². The van der Waals surface area contributed by atoms with Crippen molar-refractivity contribution in [2.75, 3.05) is 19.6 Å². The smallest absolute Gasteiger partial charge is 0.00702 e. The molecule has 1 aliphatic heterocycles. The first-order chi connectivity index (χ1) is 7.86. The molecule has 0 aromatic heterocycles. The third kappa shape index (κ3) is 4.59. The molecule has 2 nitrogen and oxygen atoms in total. The summed E-state index contributed by atoms with van der Waals surface area (Å²) in [5, 5.41) is 3.61. The zero-order valence-electron chi connectivity index (χ0n) is 12.7. The van der Waals surface area contributed by atoms with E-state index in [1.807, 2.05) is 0 Å². The van der Waals surface area contributed by atoms with Crippen LogP contribution in [0.1, 0.15) is 54.4 Å². The third-order valence-electron chi connectivity index (χ3n) is 4.29. The summed E-state index contributed by atoms with van der Waals surface area (Å²) >= 11 is 0. The molecule has 1 rings (SSSR count). The van der Waals surface area contributed by atoms with Crippen LogP contribution in [-0.4, -0.2) is 36.6 Å². The molecule has 0 aromatic rings. The van der Waals surface area contributed by atoms with Crippen LogP contribution >= 0.6 is 0 Å². The highest BCUT2D eigenvalue weighted by Gasteiger charge is 2.32. The molecule has 0 radical (unpaired) electrons. The Bertz CT molecular complexity index is 227. The minimum Gasteiger partial charge on any atom is -0.314 e. The Morgan fingerprint density at radius 2 is 2.00 bits per heavy atom. The SMILES string of the molecule is CCC(C)(CNC(C)C)CN1CC(C)CC1C. The highest BCUT2D eigenvalue weighted by atomic mass is 15.2. The number of nitrogens with one attached hydrogen (secondary N) is 1. The highest BCUT2D eigenvalue weighted by Crippen LogP contribution is 2.29. The van der Waals surface area contributed by atoms with Crippen LogP contribution < -0.4 is 5.32 Å². The molecule has 0 aliphatic carbocycles. The zero-order valence-corrected chi connectivity index (χ0v) is 12.7. The normalized spacial score (nSPS) is 29.8. The van der Waals surface area contributed by atoms with Crippen molar-refractivity contribution in [3.05, 3.63) is 0 Å². The summed E-state index contributed by atoms with van der Waals surface area (Å²) in [6, 6.07) is 1.37. The van der Waals surface area contributed by atoms with Gasteiger partial charge in [0.1, 0.15) is 0 Å². The second-order valence-electron chi connectivity index (χ2n) is 6.82. The average Bonchev–Trinajstić information content (AvgIpc) is 2.54. The van der Waals surface area contributed by atoms with Crippen molar-refractivity contribution in [2.24, 2.45) is 11.3 Å². The Hall–Kier alpha value is -0.0800. The summed E-state index contributed by atoms with van der Waals surface area (Å²) in [4.78, 5) is 2.69. The van der Waals surface area contributed by atoms with Gasteiger partial charge in [-0.15, -0.1) is 0 Å². The number of rotatable bonds is 6. The van der Waals surface area contributed by atoms with Gasteiger partial charge in [-0.05, 0) is 31.1 Å². The summed E-state index contributed by atoms with van der Waals surface area (Å²) in [7, 11) is 0. The fraction of sp³-hybridized carbons (Fsp3) is 1.00. The molecule has 1 aliphatic rings. The number of nitrogens with zero attached hydrogens (tertiary/aromatic N) is 1. The summed E-state index contributed by atoms with van der Waals surface area (Å²) in [6.07, 6.45) is 2.63. The van der Waals surface area contributed by atoms with Crippen molar-refractivity contribution < 1.29 is 0 Å². The molecule has 0 amide bonds. The maximum absolute atomic E-state index is 3.61.